The zero-order chi connectivity index (χ0) is 16.4. The van der Waals surface area contributed by atoms with E-state index in [1.54, 1.807) is 5.31 Å². The van der Waals surface area contributed by atoms with E-state index < -0.39 is 0 Å². The van der Waals surface area contributed by atoms with Gasteiger partial charge in [0.15, 0.2) is 5.94 Å². The first-order valence-electron chi connectivity index (χ1n) is 8.25. The van der Waals surface area contributed by atoms with Crippen molar-refractivity contribution < 1.29 is 6.21 Å². The summed E-state index contributed by atoms with van der Waals surface area (Å²) < 4.78 is 7.72. The lowest BCUT2D eigenvalue weighted by Crippen LogP contribution is -2.49. The molecule has 2 N–H and O–H groups in total. The van der Waals surface area contributed by atoms with E-state index in [2.05, 4.69) is 28.2 Å². The third-order valence-electron chi connectivity index (χ3n) is 4.30. The highest BCUT2D eigenvalue weighted by atomic mass is 16.1. The Morgan fingerprint density at radius 1 is 1.59 bits per heavy atom. The summed E-state index contributed by atoms with van der Waals surface area (Å²) in [5.41, 5.74) is 4.29. The number of fused-ring (bicyclic) bond motifs is 1. The van der Waals surface area contributed by atoms with Gasteiger partial charge in [0.05, 0.1) is 11.4 Å². The molecule has 5 heteroatoms. The van der Waals surface area contributed by atoms with Gasteiger partial charge >= 0.3 is 0 Å². The molecule has 0 bridgehead atoms. The number of nitrogens with one attached hydrogen (secondary N) is 2. The van der Waals surface area contributed by atoms with Gasteiger partial charge in [-0.3, -0.25) is 9.88 Å². The Balaban J connectivity index is 1.80. The molecule has 0 saturated carbocycles. The van der Waals surface area contributed by atoms with Crippen molar-refractivity contribution in [3.05, 3.63) is 34.8 Å². The Hall–Kier alpha value is -1.94. The van der Waals surface area contributed by atoms with Gasteiger partial charge < -0.3 is 10.6 Å². The summed E-state index contributed by atoms with van der Waals surface area (Å²) in [7, 11) is 0. The van der Waals surface area contributed by atoms with Gasteiger partial charge in [0.25, 0.3) is 0 Å². The Labute approximate surface area is 132 Å². The Morgan fingerprint density at radius 2 is 2.45 bits per heavy atom. The fraction of sp³-hybridized carbons (Fsp3) is 0.471. The summed E-state index contributed by atoms with van der Waals surface area (Å²) in [6.07, 6.45) is 4.63. The molecular weight excluding hydrogens is 276 g/mol. The van der Waals surface area contributed by atoms with Crippen molar-refractivity contribution >= 4 is 17.7 Å². The smallest absolute Gasteiger partial charge is 0.150 e. The molecule has 3 heterocycles. The van der Waals surface area contributed by atoms with Crippen LogP contribution in [0, 0.1) is 0 Å². The number of aromatic nitrogens is 1. The number of carbonyl (C=O) groups excluding carboxylic acids is 1. The zero-order valence-corrected chi connectivity index (χ0v) is 13.1. The lowest BCUT2D eigenvalue weighted by atomic mass is 10.0. The summed E-state index contributed by atoms with van der Waals surface area (Å²) >= 11 is 0. The topological polar surface area (TPSA) is 57.3 Å². The van der Waals surface area contributed by atoms with E-state index in [0.717, 1.165) is 55.1 Å². The molecule has 22 heavy (non-hydrogen) atoms. The second-order valence-corrected chi connectivity index (χ2v) is 5.85. The molecule has 2 aliphatic rings. The molecule has 1 aromatic heterocycles. The van der Waals surface area contributed by atoms with Crippen LogP contribution in [0.15, 0.2) is 23.5 Å². The lowest BCUT2D eigenvalue weighted by molar-refractivity contribution is 0.165. The number of hydrogen-bond donors (Lipinski definition) is 2. The fourth-order valence-corrected chi connectivity index (χ4v) is 2.92. The van der Waals surface area contributed by atoms with Crippen molar-refractivity contribution in [2.75, 3.05) is 25.0 Å². The van der Waals surface area contributed by atoms with Crippen LogP contribution in [0.4, 0.5) is 5.69 Å². The molecular formula is C17H22N4O. The number of rotatable bonds is 3. The van der Waals surface area contributed by atoms with Gasteiger partial charge in [-0.05, 0) is 36.6 Å². The third-order valence-corrected chi connectivity index (χ3v) is 4.30. The maximum absolute atomic E-state index is 11.1. The number of piperazine rings is 1. The third kappa shape index (κ3) is 2.97. The normalized spacial score (nSPS) is 23.2. The largest absolute Gasteiger partial charge is 0.344 e. The Morgan fingerprint density at radius 3 is 3.18 bits per heavy atom. The van der Waals surface area contributed by atoms with Crippen molar-refractivity contribution in [3.8, 4) is 0 Å². The average Bonchev–Trinajstić information content (AvgIpc) is 2.56. The van der Waals surface area contributed by atoms with E-state index in [-0.39, 0.29) is 0 Å². The molecule has 1 atom stereocenters. The van der Waals surface area contributed by atoms with Crippen molar-refractivity contribution in [1.82, 2.24) is 15.2 Å². The first-order chi connectivity index (χ1) is 11.1. The summed E-state index contributed by atoms with van der Waals surface area (Å²) in [6, 6.07) is 2.41. The predicted octanol–water partition coefficient (Wildman–Crippen LogP) is 1.81. The summed E-state index contributed by atoms with van der Waals surface area (Å²) in [6.45, 7) is 7.38. The second-order valence-electron chi connectivity index (χ2n) is 5.85. The van der Waals surface area contributed by atoms with Crippen LogP contribution in [0.1, 0.15) is 31.5 Å². The molecule has 0 radical (unpaired) electrons. The van der Waals surface area contributed by atoms with Crippen molar-refractivity contribution in [3.63, 3.8) is 0 Å². The predicted molar refractivity (Wildman–Crippen MR) is 88.1 cm³/mol. The summed E-state index contributed by atoms with van der Waals surface area (Å²) in [4.78, 5) is 18.0. The lowest BCUT2D eigenvalue weighted by Gasteiger charge is -2.34. The van der Waals surface area contributed by atoms with Crippen LogP contribution >= 0.6 is 0 Å². The molecule has 1 aromatic rings. The highest BCUT2D eigenvalue weighted by Crippen LogP contribution is 2.29. The van der Waals surface area contributed by atoms with Crippen LogP contribution in [0.5, 0.6) is 0 Å². The number of hydrogen-bond acceptors (Lipinski definition) is 5. The summed E-state index contributed by atoms with van der Waals surface area (Å²) in [5, 5.41) is 4.77. The van der Waals surface area contributed by atoms with E-state index in [0.29, 0.717) is 11.7 Å². The molecule has 0 aromatic carbocycles. The molecule has 0 spiro atoms. The summed E-state index contributed by atoms with van der Waals surface area (Å²) in [5.74, 6) is 1.98. The van der Waals surface area contributed by atoms with E-state index in [4.69, 9.17) is 1.41 Å². The number of nitrogens with zero attached hydrogens (tertiary/aromatic N) is 2. The van der Waals surface area contributed by atoms with Gasteiger partial charge in [-0.15, -0.1) is 0 Å². The first-order valence-corrected chi connectivity index (χ1v) is 7.80. The van der Waals surface area contributed by atoms with Crippen molar-refractivity contribution in [1.29, 1.82) is 0 Å². The van der Waals surface area contributed by atoms with Crippen LogP contribution < -0.4 is 10.6 Å². The van der Waals surface area contributed by atoms with E-state index in [1.165, 1.54) is 0 Å². The second kappa shape index (κ2) is 6.44. The SMILES string of the molecule is [2H]N1CCN(Cc2cnc3c(c2)NC(=C=O)C(CC)=C3)C(C)C1. The van der Waals surface area contributed by atoms with Crippen LogP contribution in [-0.2, 0) is 11.3 Å². The van der Waals surface area contributed by atoms with Crippen molar-refractivity contribution in [2.24, 2.45) is 0 Å². The van der Waals surface area contributed by atoms with Gasteiger partial charge in [-0.2, -0.15) is 0 Å². The maximum atomic E-state index is 11.1. The maximum Gasteiger partial charge on any atom is 0.150 e. The average molecular weight is 299 g/mol. The van der Waals surface area contributed by atoms with Gasteiger partial charge in [0.2, 0.25) is 0 Å². The molecule has 5 nitrogen and oxygen atoms in total. The van der Waals surface area contributed by atoms with E-state index in [9.17, 15) is 4.79 Å². The van der Waals surface area contributed by atoms with Gasteiger partial charge in [0.1, 0.15) is 7.11 Å². The molecule has 1 unspecified atom stereocenters. The monoisotopic (exact) mass is 299 g/mol. The van der Waals surface area contributed by atoms with Crippen molar-refractivity contribution in [2.45, 2.75) is 32.9 Å². The fourth-order valence-electron chi connectivity index (χ4n) is 2.92. The molecule has 116 valence electrons. The highest BCUT2D eigenvalue weighted by Gasteiger charge is 2.20. The molecule has 2 aliphatic heterocycles. The van der Waals surface area contributed by atoms with E-state index in [1.807, 2.05) is 25.1 Å². The zero-order valence-electron chi connectivity index (χ0n) is 14.1. The van der Waals surface area contributed by atoms with Crippen LogP contribution in [-0.4, -0.2) is 41.5 Å². The Bertz CT molecular complexity index is 681. The standard InChI is InChI=1S/C17H22N4O/c1-3-14-7-15-16(20-17(14)11-22)6-13(9-19-15)10-21-5-4-18-8-12(21)2/h6-7,9,12,18,20H,3-5,8,10H2,1-2H3/i/hD. The molecule has 1 fully saturated rings. The van der Waals surface area contributed by atoms with Gasteiger partial charge in [0, 0.05) is 38.4 Å². The molecule has 1 saturated heterocycles. The number of allylic oxidation sites excluding steroid dienone is 1. The number of pyridine rings is 1. The van der Waals surface area contributed by atoms with E-state index >= 15 is 0 Å². The quantitative estimate of drug-likeness (QED) is 0.834. The molecule has 0 amide bonds. The number of anilines is 1. The molecule has 3 rings (SSSR count). The van der Waals surface area contributed by atoms with Gasteiger partial charge in [-0.25, -0.2) is 4.79 Å². The first kappa shape index (κ1) is 13.7. The van der Waals surface area contributed by atoms with Crippen LogP contribution in [0.3, 0.4) is 0 Å². The minimum absolute atomic E-state index is 0.349. The minimum Gasteiger partial charge on any atom is -0.344 e. The molecule has 0 aliphatic carbocycles. The highest BCUT2D eigenvalue weighted by molar-refractivity contribution is 5.82. The van der Waals surface area contributed by atoms with Crippen LogP contribution in [0.2, 0.25) is 1.41 Å². The van der Waals surface area contributed by atoms with Crippen LogP contribution in [0.25, 0.3) is 6.08 Å². The van der Waals surface area contributed by atoms with Gasteiger partial charge in [-0.1, -0.05) is 6.92 Å². The minimum atomic E-state index is 0.349. The Kier molecular flexibility index (Phi) is 4.01.